The van der Waals surface area contributed by atoms with Crippen molar-refractivity contribution in [3.05, 3.63) is 42.5 Å². The number of methoxy groups -OCH3 is 2. The van der Waals surface area contributed by atoms with Crippen molar-refractivity contribution in [2.75, 3.05) is 14.2 Å². The quantitative estimate of drug-likeness (QED) is 0.662. The molecule has 0 radical (unpaired) electrons. The number of benzene rings is 2. The molecule has 27 heavy (non-hydrogen) atoms. The SMILES string of the molecule is COc1ccc(OC)c(P2C(C)(C)CC(=O)CC2(C)C)c1-c1ccccc1. The van der Waals surface area contributed by atoms with Gasteiger partial charge >= 0.3 is 0 Å². The molecule has 3 nitrogen and oxygen atoms in total. The van der Waals surface area contributed by atoms with Gasteiger partial charge in [0, 0.05) is 23.7 Å². The van der Waals surface area contributed by atoms with Crippen molar-refractivity contribution in [3.8, 4) is 22.6 Å². The third-order valence-corrected chi connectivity index (χ3v) is 8.93. The summed E-state index contributed by atoms with van der Waals surface area (Å²) in [5.41, 5.74) is 2.22. The molecule has 0 N–H and O–H groups in total. The monoisotopic (exact) mass is 384 g/mol. The summed E-state index contributed by atoms with van der Waals surface area (Å²) in [5.74, 6) is 2.09. The minimum Gasteiger partial charge on any atom is -0.496 e. The molecule has 0 atom stereocenters. The first-order valence-electron chi connectivity index (χ1n) is 9.34. The van der Waals surface area contributed by atoms with E-state index in [0.717, 1.165) is 22.6 Å². The lowest BCUT2D eigenvalue weighted by atomic mass is 9.96. The summed E-state index contributed by atoms with van der Waals surface area (Å²) in [7, 11) is 2.74. The van der Waals surface area contributed by atoms with Gasteiger partial charge < -0.3 is 9.47 Å². The highest BCUT2D eigenvalue weighted by Crippen LogP contribution is 2.66. The lowest BCUT2D eigenvalue weighted by Crippen LogP contribution is -2.43. The first kappa shape index (κ1) is 19.9. The molecule has 1 saturated heterocycles. The maximum atomic E-state index is 12.5. The number of carbonyl (C=O) groups is 1. The second-order valence-electron chi connectivity index (χ2n) is 8.41. The van der Waals surface area contributed by atoms with Gasteiger partial charge in [-0.05, 0) is 28.0 Å². The van der Waals surface area contributed by atoms with Crippen LogP contribution in [-0.4, -0.2) is 30.3 Å². The normalized spacial score (nSPS) is 19.0. The van der Waals surface area contributed by atoms with Gasteiger partial charge in [-0.1, -0.05) is 65.9 Å². The third-order valence-electron chi connectivity index (χ3n) is 5.30. The van der Waals surface area contributed by atoms with Crippen molar-refractivity contribution in [1.29, 1.82) is 0 Å². The summed E-state index contributed by atoms with van der Waals surface area (Å²) in [4.78, 5) is 12.5. The molecule has 0 bridgehead atoms. The summed E-state index contributed by atoms with van der Waals surface area (Å²) in [6.45, 7) is 8.91. The minimum absolute atomic E-state index is 0.114. The van der Waals surface area contributed by atoms with E-state index in [2.05, 4.69) is 39.8 Å². The molecule has 0 aromatic heterocycles. The highest BCUT2D eigenvalue weighted by molar-refractivity contribution is 7.69. The van der Waals surface area contributed by atoms with Crippen molar-refractivity contribution >= 4 is 19.0 Å². The van der Waals surface area contributed by atoms with Gasteiger partial charge in [-0.25, -0.2) is 0 Å². The van der Waals surface area contributed by atoms with Gasteiger partial charge in [0.05, 0.1) is 14.2 Å². The molecule has 0 unspecified atom stereocenters. The molecule has 2 aromatic rings. The average molecular weight is 384 g/mol. The largest absolute Gasteiger partial charge is 0.496 e. The fourth-order valence-electron chi connectivity index (χ4n) is 4.60. The highest BCUT2D eigenvalue weighted by atomic mass is 31.1. The summed E-state index contributed by atoms with van der Waals surface area (Å²) >= 11 is 0. The number of rotatable bonds is 4. The lowest BCUT2D eigenvalue weighted by molar-refractivity contribution is -0.120. The number of hydrogen-bond acceptors (Lipinski definition) is 3. The minimum atomic E-state index is -0.699. The van der Waals surface area contributed by atoms with E-state index in [1.807, 2.05) is 30.3 Å². The predicted octanol–water partition coefficient (Wildman–Crippen LogP) is 5.40. The summed E-state index contributed by atoms with van der Waals surface area (Å²) in [6, 6.07) is 14.3. The predicted molar refractivity (Wildman–Crippen MR) is 114 cm³/mol. The zero-order valence-electron chi connectivity index (χ0n) is 17.1. The van der Waals surface area contributed by atoms with Crippen molar-refractivity contribution in [3.63, 3.8) is 0 Å². The maximum Gasteiger partial charge on any atom is 0.134 e. The Bertz CT molecular complexity index is 820. The first-order valence-corrected chi connectivity index (χ1v) is 10.7. The standard InChI is InChI=1S/C23H29O3P/c1-22(2)14-17(24)15-23(3,4)27(22)21-19(26-6)13-12-18(25-5)20(21)16-10-8-7-9-11-16/h7-13H,14-15H2,1-6H3. The van der Waals surface area contributed by atoms with E-state index < -0.39 is 7.92 Å². The fraction of sp³-hybridized carbons (Fsp3) is 0.435. The van der Waals surface area contributed by atoms with Crippen LogP contribution in [0.5, 0.6) is 11.5 Å². The van der Waals surface area contributed by atoms with Crippen LogP contribution < -0.4 is 14.8 Å². The van der Waals surface area contributed by atoms with Gasteiger partial charge in [0.2, 0.25) is 0 Å². The van der Waals surface area contributed by atoms with Crippen molar-refractivity contribution < 1.29 is 14.3 Å². The van der Waals surface area contributed by atoms with E-state index >= 15 is 0 Å². The Morgan fingerprint density at radius 2 is 1.33 bits per heavy atom. The van der Waals surface area contributed by atoms with E-state index in [0.29, 0.717) is 18.6 Å². The van der Waals surface area contributed by atoms with Gasteiger partial charge in [-0.15, -0.1) is 0 Å². The molecule has 4 heteroatoms. The van der Waals surface area contributed by atoms with Crippen LogP contribution in [0.4, 0.5) is 0 Å². The van der Waals surface area contributed by atoms with Crippen LogP contribution in [0.25, 0.3) is 11.1 Å². The fourth-order valence-corrected chi connectivity index (χ4v) is 8.97. The molecular weight excluding hydrogens is 355 g/mol. The smallest absolute Gasteiger partial charge is 0.134 e. The Morgan fingerprint density at radius 3 is 1.85 bits per heavy atom. The van der Waals surface area contributed by atoms with Gasteiger partial charge in [0.1, 0.15) is 17.3 Å². The molecule has 1 fully saturated rings. The molecule has 2 aromatic carbocycles. The second kappa shape index (κ2) is 7.28. The van der Waals surface area contributed by atoms with E-state index in [-0.39, 0.29) is 10.3 Å². The number of ether oxygens (including phenoxy) is 2. The van der Waals surface area contributed by atoms with Gasteiger partial charge in [0.15, 0.2) is 0 Å². The number of Topliss-reactive ketones (excluding diaryl/α,β-unsaturated/α-hetero) is 1. The van der Waals surface area contributed by atoms with Crippen LogP contribution in [0.3, 0.4) is 0 Å². The molecule has 3 rings (SSSR count). The van der Waals surface area contributed by atoms with Crippen LogP contribution in [0, 0.1) is 0 Å². The Hall–Kier alpha value is -1.86. The topological polar surface area (TPSA) is 35.5 Å². The van der Waals surface area contributed by atoms with E-state index in [1.54, 1.807) is 14.2 Å². The number of ketones is 1. The Morgan fingerprint density at radius 1 is 0.815 bits per heavy atom. The number of carbonyl (C=O) groups excluding carboxylic acids is 1. The van der Waals surface area contributed by atoms with Gasteiger partial charge in [-0.3, -0.25) is 4.79 Å². The van der Waals surface area contributed by atoms with Gasteiger partial charge in [-0.2, -0.15) is 0 Å². The molecule has 0 amide bonds. The molecule has 144 valence electrons. The molecule has 1 heterocycles. The molecule has 0 aliphatic carbocycles. The van der Waals surface area contributed by atoms with Crippen LogP contribution >= 0.6 is 7.92 Å². The molecule has 0 spiro atoms. The van der Waals surface area contributed by atoms with Crippen molar-refractivity contribution in [1.82, 2.24) is 0 Å². The average Bonchev–Trinajstić information content (AvgIpc) is 2.59. The zero-order chi connectivity index (χ0) is 19.8. The molecule has 1 aliphatic heterocycles. The summed E-state index contributed by atoms with van der Waals surface area (Å²) in [6.07, 6.45) is 1.22. The second-order valence-corrected chi connectivity index (χ2v) is 12.0. The molecule has 1 aliphatic rings. The van der Waals surface area contributed by atoms with Crippen LogP contribution in [-0.2, 0) is 4.79 Å². The van der Waals surface area contributed by atoms with E-state index in [4.69, 9.17) is 9.47 Å². The number of hydrogen-bond donors (Lipinski definition) is 0. The van der Waals surface area contributed by atoms with Crippen LogP contribution in [0.2, 0.25) is 0 Å². The Balaban J connectivity index is 2.35. The van der Waals surface area contributed by atoms with Crippen LogP contribution in [0.15, 0.2) is 42.5 Å². The van der Waals surface area contributed by atoms with E-state index in [9.17, 15) is 4.79 Å². The highest BCUT2D eigenvalue weighted by Gasteiger charge is 2.49. The first-order chi connectivity index (χ1) is 12.7. The Kier molecular flexibility index (Phi) is 5.36. The molecule has 0 saturated carbocycles. The summed E-state index contributed by atoms with van der Waals surface area (Å²) in [5, 5.41) is 0.981. The summed E-state index contributed by atoms with van der Waals surface area (Å²) < 4.78 is 11.6. The van der Waals surface area contributed by atoms with Crippen LogP contribution in [0.1, 0.15) is 40.5 Å². The van der Waals surface area contributed by atoms with Crippen molar-refractivity contribution in [2.45, 2.75) is 50.8 Å². The third kappa shape index (κ3) is 3.62. The van der Waals surface area contributed by atoms with Gasteiger partial charge in [0.25, 0.3) is 0 Å². The zero-order valence-corrected chi connectivity index (χ0v) is 18.0. The lowest BCUT2D eigenvalue weighted by Gasteiger charge is -2.50. The van der Waals surface area contributed by atoms with E-state index in [1.165, 1.54) is 5.30 Å². The molecular formula is C23H29O3P. The maximum absolute atomic E-state index is 12.5. The van der Waals surface area contributed by atoms with Crippen molar-refractivity contribution in [2.24, 2.45) is 0 Å². The Labute approximate surface area is 163 Å².